The van der Waals surface area contributed by atoms with Gasteiger partial charge in [0.1, 0.15) is 5.75 Å². The van der Waals surface area contributed by atoms with E-state index in [4.69, 9.17) is 4.74 Å². The van der Waals surface area contributed by atoms with Gasteiger partial charge in [0.05, 0.1) is 10.6 Å². The topological polar surface area (TPSA) is 21.3 Å². The standard InChI is InChI=1S/C12H16BrNOS/c1-3-10-5-4-8-6-9(14-16-2)7-11(13)12(8)15-10/h6-7,10,14H,3-5H2,1-2H3. The van der Waals surface area contributed by atoms with Crippen LogP contribution >= 0.6 is 27.9 Å². The predicted molar refractivity (Wildman–Crippen MR) is 74.3 cm³/mol. The second-order valence-corrected chi connectivity index (χ2v) is 5.41. The average molecular weight is 302 g/mol. The van der Waals surface area contributed by atoms with Crippen LogP contribution in [0.3, 0.4) is 0 Å². The summed E-state index contributed by atoms with van der Waals surface area (Å²) in [5.41, 5.74) is 2.44. The molecule has 0 saturated carbocycles. The van der Waals surface area contributed by atoms with E-state index in [1.165, 1.54) is 5.56 Å². The highest BCUT2D eigenvalue weighted by atomic mass is 79.9. The molecule has 1 aliphatic rings. The molecule has 0 fully saturated rings. The number of anilines is 1. The Labute approximate surface area is 109 Å². The van der Waals surface area contributed by atoms with Crippen LogP contribution in [0.15, 0.2) is 16.6 Å². The first kappa shape index (κ1) is 12.1. The molecule has 0 aliphatic carbocycles. The van der Waals surface area contributed by atoms with Crippen molar-refractivity contribution in [2.45, 2.75) is 32.3 Å². The zero-order chi connectivity index (χ0) is 11.5. The molecule has 1 N–H and O–H groups in total. The average Bonchev–Trinajstić information content (AvgIpc) is 2.29. The summed E-state index contributed by atoms with van der Waals surface area (Å²) >= 11 is 5.19. The maximum absolute atomic E-state index is 5.96. The van der Waals surface area contributed by atoms with Crippen molar-refractivity contribution in [1.29, 1.82) is 0 Å². The Balaban J connectivity index is 2.28. The fraction of sp³-hybridized carbons (Fsp3) is 0.500. The summed E-state index contributed by atoms with van der Waals surface area (Å²) < 4.78 is 10.3. The second-order valence-electron chi connectivity index (χ2n) is 3.94. The first-order valence-corrected chi connectivity index (χ1v) is 7.54. The normalized spacial score (nSPS) is 18.8. The molecule has 1 heterocycles. The molecule has 1 aromatic carbocycles. The first-order chi connectivity index (χ1) is 7.74. The molecule has 4 heteroatoms. The van der Waals surface area contributed by atoms with Crippen molar-refractivity contribution in [2.24, 2.45) is 0 Å². The molecule has 0 spiro atoms. The van der Waals surface area contributed by atoms with E-state index in [-0.39, 0.29) is 0 Å². The third-order valence-corrected chi connectivity index (χ3v) is 3.84. The zero-order valence-electron chi connectivity index (χ0n) is 9.55. The first-order valence-electron chi connectivity index (χ1n) is 5.52. The van der Waals surface area contributed by atoms with E-state index in [2.05, 4.69) is 39.7 Å². The van der Waals surface area contributed by atoms with Crippen molar-refractivity contribution < 1.29 is 4.74 Å². The Morgan fingerprint density at radius 2 is 2.38 bits per heavy atom. The number of rotatable bonds is 3. The predicted octanol–water partition coefficient (Wildman–Crippen LogP) is 4.24. The lowest BCUT2D eigenvalue weighted by molar-refractivity contribution is 0.168. The van der Waals surface area contributed by atoms with E-state index in [1.807, 2.05) is 6.26 Å². The van der Waals surface area contributed by atoms with Crippen molar-refractivity contribution in [3.63, 3.8) is 0 Å². The minimum Gasteiger partial charge on any atom is -0.489 e. The number of halogens is 1. The molecule has 88 valence electrons. The van der Waals surface area contributed by atoms with Crippen LogP contribution in [0.1, 0.15) is 25.3 Å². The molecule has 0 amide bonds. The number of ether oxygens (including phenoxy) is 1. The van der Waals surface area contributed by atoms with Crippen molar-refractivity contribution in [3.05, 3.63) is 22.2 Å². The number of nitrogens with one attached hydrogen (secondary N) is 1. The molecule has 0 aromatic heterocycles. The minimum atomic E-state index is 0.378. The highest BCUT2D eigenvalue weighted by Crippen LogP contribution is 2.38. The van der Waals surface area contributed by atoms with Gasteiger partial charge in [-0.15, -0.1) is 0 Å². The van der Waals surface area contributed by atoms with Crippen LogP contribution in [0.5, 0.6) is 5.75 Å². The molecule has 16 heavy (non-hydrogen) atoms. The van der Waals surface area contributed by atoms with Gasteiger partial charge >= 0.3 is 0 Å². The summed E-state index contributed by atoms with van der Waals surface area (Å²) in [6.07, 6.45) is 5.71. The van der Waals surface area contributed by atoms with Gasteiger partial charge in [0, 0.05) is 11.9 Å². The van der Waals surface area contributed by atoms with Crippen LogP contribution in [-0.2, 0) is 6.42 Å². The van der Waals surface area contributed by atoms with Gasteiger partial charge in [0.25, 0.3) is 0 Å². The fourth-order valence-corrected chi connectivity index (χ4v) is 2.92. The van der Waals surface area contributed by atoms with Crippen molar-refractivity contribution in [3.8, 4) is 5.75 Å². The molecular weight excluding hydrogens is 286 g/mol. The van der Waals surface area contributed by atoms with Crippen LogP contribution in [0.2, 0.25) is 0 Å². The van der Waals surface area contributed by atoms with Crippen LogP contribution in [0.25, 0.3) is 0 Å². The lowest BCUT2D eigenvalue weighted by Crippen LogP contribution is -2.21. The van der Waals surface area contributed by atoms with Crippen LogP contribution in [0, 0.1) is 0 Å². The third-order valence-electron chi connectivity index (χ3n) is 2.82. The van der Waals surface area contributed by atoms with E-state index in [0.29, 0.717) is 6.10 Å². The Hall–Kier alpha value is -0.350. The van der Waals surface area contributed by atoms with E-state index in [0.717, 1.165) is 35.2 Å². The quantitative estimate of drug-likeness (QED) is 0.844. The summed E-state index contributed by atoms with van der Waals surface area (Å²) in [5, 5.41) is 0. The lowest BCUT2D eigenvalue weighted by Gasteiger charge is -2.26. The van der Waals surface area contributed by atoms with Gasteiger partial charge in [0.2, 0.25) is 0 Å². The Morgan fingerprint density at radius 3 is 3.06 bits per heavy atom. The maximum atomic E-state index is 5.96. The molecule has 1 aromatic rings. The van der Waals surface area contributed by atoms with Crippen molar-refractivity contribution in [1.82, 2.24) is 0 Å². The summed E-state index contributed by atoms with van der Waals surface area (Å²) in [4.78, 5) is 0. The molecule has 1 unspecified atom stereocenters. The summed E-state index contributed by atoms with van der Waals surface area (Å²) in [6, 6.07) is 4.26. The number of hydrogen-bond acceptors (Lipinski definition) is 3. The third kappa shape index (κ3) is 2.48. The molecular formula is C12H16BrNOS. The van der Waals surface area contributed by atoms with Crippen molar-refractivity contribution >= 4 is 33.6 Å². The Kier molecular flexibility index (Phi) is 4.03. The molecule has 2 rings (SSSR count). The maximum Gasteiger partial charge on any atom is 0.137 e. The van der Waals surface area contributed by atoms with E-state index < -0.39 is 0 Å². The number of benzene rings is 1. The molecule has 0 bridgehead atoms. The van der Waals surface area contributed by atoms with Gasteiger partial charge < -0.3 is 9.46 Å². The van der Waals surface area contributed by atoms with E-state index in [9.17, 15) is 0 Å². The van der Waals surface area contributed by atoms with Gasteiger partial charge in [-0.1, -0.05) is 18.9 Å². The summed E-state index contributed by atoms with van der Waals surface area (Å²) in [5.74, 6) is 1.03. The molecule has 1 atom stereocenters. The molecule has 0 saturated heterocycles. The largest absolute Gasteiger partial charge is 0.489 e. The molecule has 1 aliphatic heterocycles. The van der Waals surface area contributed by atoms with E-state index >= 15 is 0 Å². The molecule has 0 radical (unpaired) electrons. The van der Waals surface area contributed by atoms with Crippen LogP contribution < -0.4 is 9.46 Å². The number of aryl methyl sites for hydroxylation is 1. The zero-order valence-corrected chi connectivity index (χ0v) is 12.0. The lowest BCUT2D eigenvalue weighted by atomic mass is 10.0. The highest BCUT2D eigenvalue weighted by Gasteiger charge is 2.21. The number of fused-ring (bicyclic) bond motifs is 1. The highest BCUT2D eigenvalue weighted by molar-refractivity contribution is 9.10. The second kappa shape index (κ2) is 5.32. The van der Waals surface area contributed by atoms with Crippen LogP contribution in [0.4, 0.5) is 5.69 Å². The van der Waals surface area contributed by atoms with Gasteiger partial charge in [-0.2, -0.15) is 0 Å². The Morgan fingerprint density at radius 1 is 1.56 bits per heavy atom. The SMILES string of the molecule is CCC1CCc2cc(NSC)cc(Br)c2O1. The van der Waals surface area contributed by atoms with Gasteiger partial charge in [0.15, 0.2) is 0 Å². The van der Waals surface area contributed by atoms with Gasteiger partial charge in [-0.25, -0.2) is 0 Å². The Bertz CT molecular complexity index is 384. The molecule has 2 nitrogen and oxygen atoms in total. The fourth-order valence-electron chi connectivity index (χ4n) is 1.97. The minimum absolute atomic E-state index is 0.378. The van der Waals surface area contributed by atoms with E-state index in [1.54, 1.807) is 11.9 Å². The summed E-state index contributed by atoms with van der Waals surface area (Å²) in [6.45, 7) is 2.17. The smallest absolute Gasteiger partial charge is 0.137 e. The van der Waals surface area contributed by atoms with Crippen molar-refractivity contribution in [2.75, 3.05) is 11.0 Å². The van der Waals surface area contributed by atoms with Gasteiger partial charge in [-0.3, -0.25) is 0 Å². The monoisotopic (exact) mass is 301 g/mol. The van der Waals surface area contributed by atoms with Gasteiger partial charge in [-0.05, 0) is 52.9 Å². The van der Waals surface area contributed by atoms with Crippen LogP contribution in [-0.4, -0.2) is 12.4 Å². The summed E-state index contributed by atoms with van der Waals surface area (Å²) in [7, 11) is 0. The number of hydrogen-bond donors (Lipinski definition) is 1.